The lowest BCUT2D eigenvalue weighted by molar-refractivity contribution is 0.0994. The predicted molar refractivity (Wildman–Crippen MR) is 110 cm³/mol. The molecule has 3 N–H and O–H groups in total. The number of hydrogen-bond acceptors (Lipinski definition) is 4. The molecule has 144 valence electrons. The van der Waals surface area contributed by atoms with E-state index in [0.29, 0.717) is 27.8 Å². The molecule has 0 spiro atoms. The van der Waals surface area contributed by atoms with Crippen molar-refractivity contribution >= 4 is 34.8 Å². The van der Waals surface area contributed by atoms with E-state index in [1.807, 2.05) is 12.1 Å². The van der Waals surface area contributed by atoms with Crippen molar-refractivity contribution in [3.63, 3.8) is 0 Å². The van der Waals surface area contributed by atoms with Crippen LogP contribution in [0.25, 0.3) is 11.3 Å². The van der Waals surface area contributed by atoms with Crippen LogP contribution in [0.5, 0.6) is 0 Å². The first kappa shape index (κ1) is 18.5. The molecule has 0 aliphatic heterocycles. The lowest BCUT2D eigenvalue weighted by atomic mass is 10.1. The fraction of sp³-hybridized carbons (Fsp3) is 0. The summed E-state index contributed by atoms with van der Waals surface area (Å²) in [5.41, 5.74) is 2.97. The van der Waals surface area contributed by atoms with Crippen LogP contribution in [0, 0.1) is 0 Å². The van der Waals surface area contributed by atoms with Crippen LogP contribution in [-0.4, -0.2) is 22.0 Å². The Morgan fingerprint density at radius 2 is 1.55 bits per heavy atom. The van der Waals surface area contributed by atoms with Crippen LogP contribution in [0.4, 0.5) is 11.4 Å². The van der Waals surface area contributed by atoms with E-state index in [9.17, 15) is 9.59 Å². The van der Waals surface area contributed by atoms with Crippen LogP contribution in [-0.2, 0) is 0 Å². The third kappa shape index (κ3) is 4.36. The summed E-state index contributed by atoms with van der Waals surface area (Å²) in [6.07, 6.45) is 1.43. The number of carbonyl (C=O) groups excluding carboxylic acids is 2. The first-order chi connectivity index (χ1) is 14.1. The van der Waals surface area contributed by atoms with Crippen molar-refractivity contribution in [2.24, 2.45) is 0 Å². The van der Waals surface area contributed by atoms with Gasteiger partial charge in [0.1, 0.15) is 5.69 Å². The molecule has 2 aromatic carbocycles. The van der Waals surface area contributed by atoms with E-state index in [-0.39, 0.29) is 17.6 Å². The second kappa shape index (κ2) is 8.04. The standard InChI is InChI=1S/C21H15ClN4O3/c22-14-5-3-13(4-6-14)17-12-18(26-25-17)20(27)23-15-7-9-16(10-8-15)24-21(28)19-2-1-11-29-19/h1-12H,(H,23,27)(H,24,28)(H,25,26). The number of benzene rings is 2. The summed E-state index contributed by atoms with van der Waals surface area (Å²) in [5.74, 6) is -0.456. The minimum atomic E-state index is -0.348. The fourth-order valence-electron chi connectivity index (χ4n) is 2.64. The number of carbonyl (C=O) groups is 2. The maximum atomic E-state index is 12.4. The van der Waals surface area contributed by atoms with Gasteiger partial charge in [-0.3, -0.25) is 14.7 Å². The molecular weight excluding hydrogens is 392 g/mol. The molecule has 2 amide bonds. The Morgan fingerprint density at radius 1 is 0.897 bits per heavy atom. The van der Waals surface area contributed by atoms with Gasteiger partial charge >= 0.3 is 0 Å². The molecule has 7 nitrogen and oxygen atoms in total. The van der Waals surface area contributed by atoms with Crippen molar-refractivity contribution in [2.75, 3.05) is 10.6 Å². The van der Waals surface area contributed by atoms with Crippen LogP contribution in [0.15, 0.2) is 77.4 Å². The van der Waals surface area contributed by atoms with Gasteiger partial charge in [-0.15, -0.1) is 0 Å². The quantitative estimate of drug-likeness (QED) is 0.442. The maximum Gasteiger partial charge on any atom is 0.291 e. The van der Waals surface area contributed by atoms with Gasteiger partial charge in [-0.25, -0.2) is 0 Å². The smallest absolute Gasteiger partial charge is 0.291 e. The number of hydrogen-bond donors (Lipinski definition) is 3. The molecule has 2 heterocycles. The minimum absolute atomic E-state index is 0.220. The Morgan fingerprint density at radius 3 is 2.17 bits per heavy atom. The molecule has 2 aromatic heterocycles. The van der Waals surface area contributed by atoms with Crippen molar-refractivity contribution < 1.29 is 14.0 Å². The number of halogens is 1. The lowest BCUT2D eigenvalue weighted by Crippen LogP contribution is -2.13. The largest absolute Gasteiger partial charge is 0.459 e. The van der Waals surface area contributed by atoms with E-state index in [0.717, 1.165) is 5.56 Å². The van der Waals surface area contributed by atoms with Crippen LogP contribution in [0.3, 0.4) is 0 Å². The number of H-pyrrole nitrogens is 1. The van der Waals surface area contributed by atoms with Gasteiger partial charge < -0.3 is 15.1 Å². The number of nitrogens with zero attached hydrogens (tertiary/aromatic N) is 1. The highest BCUT2D eigenvalue weighted by Crippen LogP contribution is 2.21. The monoisotopic (exact) mass is 406 g/mol. The van der Waals surface area contributed by atoms with E-state index in [1.165, 1.54) is 6.26 Å². The highest BCUT2D eigenvalue weighted by molar-refractivity contribution is 6.30. The van der Waals surface area contributed by atoms with Crippen LogP contribution in [0.2, 0.25) is 5.02 Å². The summed E-state index contributed by atoms with van der Waals surface area (Å²) in [7, 11) is 0. The highest BCUT2D eigenvalue weighted by atomic mass is 35.5. The average molecular weight is 407 g/mol. The summed E-state index contributed by atoms with van der Waals surface area (Å²) in [4.78, 5) is 24.4. The van der Waals surface area contributed by atoms with Crippen molar-refractivity contribution in [1.29, 1.82) is 0 Å². The molecule has 0 fully saturated rings. The van der Waals surface area contributed by atoms with E-state index < -0.39 is 0 Å². The predicted octanol–water partition coefficient (Wildman–Crippen LogP) is 4.83. The first-order valence-corrected chi connectivity index (χ1v) is 9.04. The van der Waals surface area contributed by atoms with Gasteiger partial charge in [-0.1, -0.05) is 23.7 Å². The number of furan rings is 1. The Labute approximate surface area is 170 Å². The molecular formula is C21H15ClN4O3. The van der Waals surface area contributed by atoms with Gasteiger partial charge in [0.2, 0.25) is 0 Å². The molecule has 4 aromatic rings. The second-order valence-electron chi connectivity index (χ2n) is 6.14. The molecule has 0 bridgehead atoms. The Bertz CT molecular complexity index is 1130. The first-order valence-electron chi connectivity index (χ1n) is 8.66. The highest BCUT2D eigenvalue weighted by Gasteiger charge is 2.12. The molecule has 0 radical (unpaired) electrons. The normalized spacial score (nSPS) is 10.5. The van der Waals surface area contributed by atoms with Crippen molar-refractivity contribution in [2.45, 2.75) is 0 Å². The zero-order valence-corrected chi connectivity index (χ0v) is 15.7. The summed E-state index contributed by atoms with van der Waals surface area (Å²) < 4.78 is 5.05. The number of anilines is 2. The number of aromatic amines is 1. The maximum absolute atomic E-state index is 12.4. The van der Waals surface area contributed by atoms with Crippen LogP contribution in [0.1, 0.15) is 21.0 Å². The molecule has 0 unspecified atom stereocenters. The summed E-state index contributed by atoms with van der Waals surface area (Å²) >= 11 is 5.89. The Kier molecular flexibility index (Phi) is 5.13. The molecule has 0 atom stereocenters. The van der Waals surface area contributed by atoms with Crippen molar-refractivity contribution in [3.05, 3.63) is 89.5 Å². The molecule has 0 aliphatic carbocycles. The van der Waals surface area contributed by atoms with Gasteiger partial charge in [-0.05, 0) is 54.6 Å². The number of amides is 2. The van der Waals surface area contributed by atoms with E-state index in [1.54, 1.807) is 54.6 Å². The lowest BCUT2D eigenvalue weighted by Gasteiger charge is -2.06. The summed E-state index contributed by atoms with van der Waals surface area (Å²) in [6, 6.07) is 18.8. The molecule has 0 aliphatic rings. The van der Waals surface area contributed by atoms with Crippen LogP contribution >= 0.6 is 11.6 Å². The van der Waals surface area contributed by atoms with Crippen molar-refractivity contribution in [3.8, 4) is 11.3 Å². The topological polar surface area (TPSA) is 100 Å². The Balaban J connectivity index is 1.39. The molecule has 29 heavy (non-hydrogen) atoms. The number of rotatable bonds is 5. The molecule has 0 saturated carbocycles. The minimum Gasteiger partial charge on any atom is -0.459 e. The number of nitrogens with one attached hydrogen (secondary N) is 3. The Hall–Kier alpha value is -3.84. The van der Waals surface area contributed by atoms with Gasteiger partial charge in [0, 0.05) is 22.0 Å². The van der Waals surface area contributed by atoms with Gasteiger partial charge in [0.15, 0.2) is 5.76 Å². The van der Waals surface area contributed by atoms with Crippen LogP contribution < -0.4 is 10.6 Å². The average Bonchev–Trinajstić information content (AvgIpc) is 3.42. The second-order valence-corrected chi connectivity index (χ2v) is 6.57. The zero-order valence-electron chi connectivity index (χ0n) is 15.0. The fourth-order valence-corrected chi connectivity index (χ4v) is 2.77. The zero-order chi connectivity index (χ0) is 20.2. The SMILES string of the molecule is O=C(Nc1ccc(NC(=O)c2ccco2)cc1)c1cc(-c2ccc(Cl)cc2)n[nH]1. The van der Waals surface area contributed by atoms with Crippen molar-refractivity contribution in [1.82, 2.24) is 10.2 Å². The van der Waals surface area contributed by atoms with Gasteiger partial charge in [-0.2, -0.15) is 5.10 Å². The van der Waals surface area contributed by atoms with E-state index >= 15 is 0 Å². The molecule has 4 rings (SSSR count). The summed E-state index contributed by atoms with van der Waals surface area (Å²) in [5, 5.41) is 13.0. The third-order valence-corrected chi connectivity index (χ3v) is 4.36. The number of aromatic nitrogens is 2. The van der Waals surface area contributed by atoms with Gasteiger partial charge in [0.05, 0.1) is 12.0 Å². The molecule has 8 heteroatoms. The van der Waals surface area contributed by atoms with E-state index in [4.69, 9.17) is 16.0 Å². The third-order valence-electron chi connectivity index (χ3n) is 4.11. The summed E-state index contributed by atoms with van der Waals surface area (Å²) in [6.45, 7) is 0. The molecule has 0 saturated heterocycles. The van der Waals surface area contributed by atoms with Gasteiger partial charge in [0.25, 0.3) is 11.8 Å². The van der Waals surface area contributed by atoms with E-state index in [2.05, 4.69) is 20.8 Å².